The topological polar surface area (TPSA) is 55.8 Å². The van der Waals surface area contributed by atoms with Crippen LogP contribution in [0.2, 0.25) is 0 Å². The van der Waals surface area contributed by atoms with Crippen molar-refractivity contribution in [1.29, 1.82) is 0 Å². The molecule has 1 spiro atoms. The molecular weight excluding hydrogens is 388 g/mol. The maximum atomic E-state index is 14.0. The Hall–Kier alpha value is -0.450. The lowest BCUT2D eigenvalue weighted by atomic mass is 9.44. The number of carbonyl (C=O) groups is 1. The lowest BCUT2D eigenvalue weighted by molar-refractivity contribution is -0.272. The van der Waals surface area contributed by atoms with Crippen molar-refractivity contribution in [2.24, 2.45) is 52.3 Å². The van der Waals surface area contributed by atoms with Gasteiger partial charge in [0.2, 0.25) is 0 Å². The first-order chi connectivity index (χ1) is 14.7. The quantitative estimate of drug-likeness (QED) is 0.589. The predicted molar refractivity (Wildman–Crippen MR) is 118 cm³/mol. The zero-order valence-electron chi connectivity index (χ0n) is 19.9. The van der Waals surface area contributed by atoms with Crippen molar-refractivity contribution in [3.8, 4) is 0 Å². The van der Waals surface area contributed by atoms with Gasteiger partial charge in [0.05, 0.1) is 18.8 Å². The van der Waals surface area contributed by atoms with Gasteiger partial charge in [0, 0.05) is 30.1 Å². The monoisotopic (exact) mass is 430 g/mol. The van der Waals surface area contributed by atoms with Gasteiger partial charge in [-0.15, -0.1) is 0 Å². The highest BCUT2D eigenvalue weighted by Gasteiger charge is 2.71. The van der Waals surface area contributed by atoms with E-state index in [4.69, 9.17) is 9.47 Å². The van der Waals surface area contributed by atoms with Crippen LogP contribution in [0.5, 0.6) is 0 Å². The van der Waals surface area contributed by atoms with Crippen molar-refractivity contribution in [2.45, 2.75) is 103 Å². The summed E-state index contributed by atoms with van der Waals surface area (Å²) in [4.78, 5) is 14.0. The van der Waals surface area contributed by atoms with Gasteiger partial charge in [-0.2, -0.15) is 0 Å². The Morgan fingerprint density at radius 3 is 2.55 bits per heavy atom. The van der Waals surface area contributed by atoms with E-state index in [0.29, 0.717) is 41.3 Å². The summed E-state index contributed by atoms with van der Waals surface area (Å²) in [7, 11) is 0. The molecule has 6 rings (SSSR count). The number of rotatable bonds is 0. The molecule has 4 saturated carbocycles. The molecular formula is C27H42O4. The molecule has 12 atom stereocenters. The third-order valence-corrected chi connectivity index (χ3v) is 11.8. The van der Waals surface area contributed by atoms with Gasteiger partial charge in [-0.05, 0) is 80.0 Å². The van der Waals surface area contributed by atoms with Gasteiger partial charge >= 0.3 is 0 Å². The molecule has 6 aliphatic rings. The van der Waals surface area contributed by atoms with E-state index in [1.54, 1.807) is 0 Å². The first-order valence-corrected chi connectivity index (χ1v) is 13.2. The maximum Gasteiger partial charge on any atom is 0.171 e. The van der Waals surface area contributed by atoms with Gasteiger partial charge in [-0.3, -0.25) is 4.79 Å². The fourth-order valence-corrected chi connectivity index (χ4v) is 9.93. The summed E-state index contributed by atoms with van der Waals surface area (Å²) in [6.45, 7) is 10.1. The van der Waals surface area contributed by atoms with E-state index in [1.165, 1.54) is 12.8 Å². The summed E-state index contributed by atoms with van der Waals surface area (Å²) in [5.41, 5.74) is -0.0221. The van der Waals surface area contributed by atoms with Crippen molar-refractivity contribution in [2.75, 3.05) is 6.61 Å². The molecule has 4 aliphatic carbocycles. The smallest absolute Gasteiger partial charge is 0.171 e. The Morgan fingerprint density at radius 1 is 1.00 bits per heavy atom. The summed E-state index contributed by atoms with van der Waals surface area (Å²) in [6.07, 6.45) is 9.39. The number of hydrogen-bond acceptors (Lipinski definition) is 4. The minimum atomic E-state index is -0.448. The van der Waals surface area contributed by atoms with Gasteiger partial charge in [-0.25, -0.2) is 0 Å². The standard InChI is InChI=1S/C27H42O4/c1-15-7-10-27(30-14-15)16(2)24-22(31-27)12-21-19-6-5-17-11-18(28)8-9-25(17,3)20(19)13-23(29)26(21,24)4/h15-22,24,28H,5-14H2,1-4H3/t15-,16+,17+,18+,19-,20+,21+,22+,24+,25+,26-,27?/m1/s1. The summed E-state index contributed by atoms with van der Waals surface area (Å²) >= 11 is 0. The minimum absolute atomic E-state index is 0.131. The molecule has 31 heavy (non-hydrogen) atoms. The molecule has 0 amide bonds. The number of carbonyl (C=O) groups excluding carboxylic acids is 1. The average molecular weight is 431 g/mol. The van der Waals surface area contributed by atoms with Gasteiger partial charge in [0.1, 0.15) is 5.78 Å². The number of fused-ring (bicyclic) bond motifs is 7. The van der Waals surface area contributed by atoms with Crippen LogP contribution in [0.15, 0.2) is 0 Å². The largest absolute Gasteiger partial charge is 0.393 e. The molecule has 1 N–H and O–H groups in total. The molecule has 0 aromatic carbocycles. The van der Waals surface area contributed by atoms with E-state index < -0.39 is 5.79 Å². The fourth-order valence-electron chi connectivity index (χ4n) is 9.93. The molecule has 1 unspecified atom stereocenters. The Kier molecular flexibility index (Phi) is 4.62. The van der Waals surface area contributed by atoms with E-state index >= 15 is 0 Å². The summed E-state index contributed by atoms with van der Waals surface area (Å²) in [5.74, 6) is 3.45. The Morgan fingerprint density at radius 2 is 1.81 bits per heavy atom. The Bertz CT molecular complexity index is 756. The average Bonchev–Trinajstić information content (AvgIpc) is 3.18. The van der Waals surface area contributed by atoms with E-state index in [9.17, 15) is 9.90 Å². The molecule has 0 aromatic rings. The van der Waals surface area contributed by atoms with E-state index in [1.807, 2.05) is 0 Å². The highest BCUT2D eigenvalue weighted by Crippen LogP contribution is 2.70. The van der Waals surface area contributed by atoms with Gasteiger partial charge in [0.15, 0.2) is 5.79 Å². The van der Waals surface area contributed by atoms with Crippen LogP contribution in [-0.4, -0.2) is 35.5 Å². The molecule has 2 saturated heterocycles. The van der Waals surface area contributed by atoms with Crippen LogP contribution < -0.4 is 0 Å². The van der Waals surface area contributed by atoms with Crippen molar-refractivity contribution in [3.05, 3.63) is 0 Å². The molecule has 4 nitrogen and oxygen atoms in total. The molecule has 6 fully saturated rings. The van der Waals surface area contributed by atoms with Crippen LogP contribution >= 0.6 is 0 Å². The van der Waals surface area contributed by atoms with Crippen molar-refractivity contribution < 1.29 is 19.4 Å². The Labute approximate surface area is 187 Å². The SMILES string of the molecule is C[C@@H]1CCC2(OC1)O[C@H]1C[C@H]3[C@@H]4CC[C@H]5C[C@@H](O)CC[C@]5(C)[C@H]4CC(=O)[C@]3(C)[C@H]1[C@@H]2C. The number of aliphatic hydroxyl groups is 1. The van der Waals surface area contributed by atoms with Crippen LogP contribution in [0.4, 0.5) is 0 Å². The highest BCUT2D eigenvalue weighted by molar-refractivity contribution is 5.87. The van der Waals surface area contributed by atoms with Gasteiger partial charge in [-0.1, -0.05) is 27.7 Å². The third kappa shape index (κ3) is 2.68. The van der Waals surface area contributed by atoms with E-state index in [-0.39, 0.29) is 29.0 Å². The minimum Gasteiger partial charge on any atom is -0.393 e. The van der Waals surface area contributed by atoms with Gasteiger partial charge in [0.25, 0.3) is 0 Å². The first kappa shape index (κ1) is 21.1. The molecule has 2 heterocycles. The Balaban J connectivity index is 1.30. The number of ketones is 1. The second-order valence-corrected chi connectivity index (χ2v) is 13.0. The third-order valence-electron chi connectivity index (χ3n) is 11.8. The normalized spacial score (nSPS) is 60.9. The van der Waals surface area contributed by atoms with Crippen LogP contribution in [0.3, 0.4) is 0 Å². The lowest BCUT2D eigenvalue weighted by Gasteiger charge is -2.60. The summed E-state index contributed by atoms with van der Waals surface area (Å²) in [5, 5.41) is 10.3. The van der Waals surface area contributed by atoms with Crippen molar-refractivity contribution in [3.63, 3.8) is 0 Å². The molecule has 2 aliphatic heterocycles. The van der Waals surface area contributed by atoms with Crippen LogP contribution in [-0.2, 0) is 14.3 Å². The lowest BCUT2D eigenvalue weighted by Crippen LogP contribution is -2.58. The van der Waals surface area contributed by atoms with E-state index in [0.717, 1.165) is 51.6 Å². The maximum absolute atomic E-state index is 14.0. The number of Topliss-reactive ketones (excluding diaryl/α,β-unsaturated/α-hetero) is 1. The van der Waals surface area contributed by atoms with Crippen molar-refractivity contribution in [1.82, 2.24) is 0 Å². The van der Waals surface area contributed by atoms with Gasteiger partial charge < -0.3 is 14.6 Å². The second kappa shape index (κ2) is 6.79. The zero-order valence-corrected chi connectivity index (χ0v) is 19.9. The zero-order chi connectivity index (χ0) is 21.8. The predicted octanol–water partition coefficient (Wildman–Crippen LogP) is 4.97. The molecule has 4 heteroatoms. The summed E-state index contributed by atoms with van der Waals surface area (Å²) in [6, 6.07) is 0. The van der Waals surface area contributed by atoms with E-state index in [2.05, 4.69) is 27.7 Å². The second-order valence-electron chi connectivity index (χ2n) is 13.0. The van der Waals surface area contributed by atoms with Crippen LogP contribution in [0.1, 0.15) is 85.5 Å². The highest BCUT2D eigenvalue weighted by atomic mass is 16.7. The first-order valence-electron chi connectivity index (χ1n) is 13.2. The summed E-state index contributed by atoms with van der Waals surface area (Å²) < 4.78 is 13.2. The molecule has 0 radical (unpaired) electrons. The fraction of sp³-hybridized carbons (Fsp3) is 0.963. The number of aliphatic hydroxyl groups excluding tert-OH is 1. The van der Waals surface area contributed by atoms with Crippen LogP contribution in [0.25, 0.3) is 0 Å². The number of hydrogen-bond donors (Lipinski definition) is 1. The molecule has 0 aromatic heterocycles. The van der Waals surface area contributed by atoms with Crippen LogP contribution in [0, 0.1) is 52.3 Å². The van der Waals surface area contributed by atoms with Crippen molar-refractivity contribution >= 4 is 5.78 Å². The number of ether oxygens (including phenoxy) is 2. The molecule has 174 valence electrons. The molecule has 0 bridgehead atoms.